The number of sulfonamides is 1. The van der Waals surface area contributed by atoms with Crippen LogP contribution in [0.5, 0.6) is 0 Å². The number of anilines is 1. The Kier molecular flexibility index (Phi) is 4.56. The van der Waals surface area contributed by atoms with Crippen molar-refractivity contribution in [2.24, 2.45) is 0 Å². The molecule has 3 rings (SSSR count). The molecule has 0 fully saturated rings. The summed E-state index contributed by atoms with van der Waals surface area (Å²) in [6.07, 6.45) is 0. The first-order valence-electron chi connectivity index (χ1n) is 7.60. The molecular formula is C17H16N2O6S. The van der Waals surface area contributed by atoms with E-state index in [2.05, 4.69) is 9.46 Å². The fourth-order valence-electron chi connectivity index (χ4n) is 2.48. The van der Waals surface area contributed by atoms with E-state index >= 15 is 0 Å². The van der Waals surface area contributed by atoms with Gasteiger partial charge in [0, 0.05) is 11.8 Å². The lowest BCUT2D eigenvalue weighted by atomic mass is 10.2. The van der Waals surface area contributed by atoms with Crippen molar-refractivity contribution in [2.75, 3.05) is 11.8 Å². The van der Waals surface area contributed by atoms with Gasteiger partial charge in [-0.25, -0.2) is 13.2 Å². The lowest BCUT2D eigenvalue weighted by molar-refractivity contribution is -0.141. The molecule has 1 heterocycles. The standard InChI is InChI=1S/C17H16N2O6S/c1-11-4-3-5-12(8-11)18-26(22,23)13-6-7-14-15(9-13)25-17(21)19(14)10-16(20)24-2/h3-9,18H,10H2,1-2H3. The number of methoxy groups -OCH3 is 1. The molecule has 3 aromatic rings. The number of ether oxygens (including phenoxy) is 1. The van der Waals surface area contributed by atoms with Crippen molar-refractivity contribution in [2.45, 2.75) is 18.4 Å². The van der Waals surface area contributed by atoms with Crippen molar-refractivity contribution in [3.05, 3.63) is 58.6 Å². The molecule has 0 amide bonds. The number of benzene rings is 2. The Morgan fingerprint density at radius 1 is 1.23 bits per heavy atom. The summed E-state index contributed by atoms with van der Waals surface area (Å²) < 4.78 is 38.3. The van der Waals surface area contributed by atoms with Gasteiger partial charge in [-0.1, -0.05) is 12.1 Å². The number of oxazole rings is 1. The first-order chi connectivity index (χ1) is 12.3. The number of aryl methyl sites for hydroxylation is 1. The summed E-state index contributed by atoms with van der Waals surface area (Å²) in [7, 11) is -2.66. The normalized spacial score (nSPS) is 11.5. The van der Waals surface area contributed by atoms with Crippen LogP contribution >= 0.6 is 0 Å². The highest BCUT2D eigenvalue weighted by atomic mass is 32.2. The van der Waals surface area contributed by atoms with Crippen molar-refractivity contribution in [3.8, 4) is 0 Å². The number of fused-ring (bicyclic) bond motifs is 1. The third kappa shape index (κ3) is 3.47. The number of carbonyl (C=O) groups is 1. The molecule has 136 valence electrons. The summed E-state index contributed by atoms with van der Waals surface area (Å²) in [5.74, 6) is -1.39. The minimum atomic E-state index is -3.87. The number of carbonyl (C=O) groups excluding carboxylic acids is 1. The molecule has 0 saturated carbocycles. The summed E-state index contributed by atoms with van der Waals surface area (Å²) in [5, 5.41) is 0. The molecular weight excluding hydrogens is 360 g/mol. The molecule has 8 nitrogen and oxygen atoms in total. The summed E-state index contributed by atoms with van der Waals surface area (Å²) in [6, 6.07) is 10.9. The van der Waals surface area contributed by atoms with Crippen molar-refractivity contribution >= 4 is 32.8 Å². The third-order valence-electron chi connectivity index (χ3n) is 3.74. The zero-order valence-corrected chi connectivity index (χ0v) is 14.9. The minimum Gasteiger partial charge on any atom is -0.468 e. The van der Waals surface area contributed by atoms with E-state index < -0.39 is 21.7 Å². The Morgan fingerprint density at radius 2 is 2.00 bits per heavy atom. The van der Waals surface area contributed by atoms with E-state index in [0.717, 1.165) is 10.1 Å². The molecule has 0 spiro atoms. The molecule has 9 heteroatoms. The molecule has 0 aliphatic rings. The average molecular weight is 376 g/mol. The highest BCUT2D eigenvalue weighted by Crippen LogP contribution is 2.21. The lowest BCUT2D eigenvalue weighted by Crippen LogP contribution is -2.20. The second-order valence-electron chi connectivity index (χ2n) is 5.63. The van der Waals surface area contributed by atoms with E-state index in [1.807, 2.05) is 13.0 Å². The minimum absolute atomic E-state index is 0.0611. The Balaban J connectivity index is 1.98. The number of nitrogens with one attached hydrogen (secondary N) is 1. The first-order valence-corrected chi connectivity index (χ1v) is 9.08. The Morgan fingerprint density at radius 3 is 2.69 bits per heavy atom. The lowest BCUT2D eigenvalue weighted by Gasteiger charge is -2.08. The second-order valence-corrected chi connectivity index (χ2v) is 7.32. The maximum Gasteiger partial charge on any atom is 0.420 e. The van der Waals surface area contributed by atoms with Crippen LogP contribution in [0.25, 0.3) is 11.1 Å². The Labute approximate surface area is 149 Å². The first kappa shape index (κ1) is 17.7. The fraction of sp³-hybridized carbons (Fsp3) is 0.176. The van der Waals surface area contributed by atoms with E-state index in [9.17, 15) is 18.0 Å². The third-order valence-corrected chi connectivity index (χ3v) is 5.11. The molecule has 2 aromatic carbocycles. The average Bonchev–Trinajstić information content (AvgIpc) is 2.89. The number of aromatic nitrogens is 1. The van der Waals surface area contributed by atoms with Gasteiger partial charge in [-0.2, -0.15) is 0 Å². The van der Waals surface area contributed by atoms with Gasteiger partial charge in [0.05, 0.1) is 17.5 Å². The molecule has 0 radical (unpaired) electrons. The number of rotatable bonds is 5. The molecule has 1 aromatic heterocycles. The van der Waals surface area contributed by atoms with E-state index in [1.54, 1.807) is 18.2 Å². The SMILES string of the molecule is COC(=O)Cn1c(=O)oc2cc(S(=O)(=O)Nc3cccc(C)c3)ccc21. The van der Waals surface area contributed by atoms with Gasteiger partial charge in [0.2, 0.25) is 0 Å². The zero-order chi connectivity index (χ0) is 18.9. The van der Waals surface area contributed by atoms with Crippen LogP contribution in [0.4, 0.5) is 5.69 Å². The summed E-state index contributed by atoms with van der Waals surface area (Å²) in [6.45, 7) is 1.53. The van der Waals surface area contributed by atoms with Crippen LogP contribution in [0, 0.1) is 6.92 Å². The van der Waals surface area contributed by atoms with Crippen LogP contribution in [0.1, 0.15) is 5.56 Å². The number of esters is 1. The largest absolute Gasteiger partial charge is 0.468 e. The van der Waals surface area contributed by atoms with Crippen LogP contribution in [0.15, 0.2) is 56.6 Å². The molecule has 26 heavy (non-hydrogen) atoms. The van der Waals surface area contributed by atoms with Crippen LogP contribution < -0.4 is 10.5 Å². The Hall–Kier alpha value is -3.07. The number of hydrogen-bond donors (Lipinski definition) is 1. The van der Waals surface area contributed by atoms with Crippen LogP contribution in [0.3, 0.4) is 0 Å². The van der Waals surface area contributed by atoms with Gasteiger partial charge in [0.1, 0.15) is 6.54 Å². The highest BCUT2D eigenvalue weighted by molar-refractivity contribution is 7.92. The molecule has 0 aliphatic carbocycles. The quantitative estimate of drug-likeness (QED) is 0.681. The molecule has 0 aliphatic heterocycles. The predicted molar refractivity (Wildman–Crippen MR) is 94.5 cm³/mol. The van der Waals surface area contributed by atoms with Crippen LogP contribution in [0.2, 0.25) is 0 Å². The monoisotopic (exact) mass is 376 g/mol. The maximum absolute atomic E-state index is 12.6. The number of hydrogen-bond acceptors (Lipinski definition) is 6. The van der Waals surface area contributed by atoms with Crippen LogP contribution in [-0.4, -0.2) is 26.1 Å². The summed E-state index contributed by atoms with van der Waals surface area (Å²) in [4.78, 5) is 23.2. The van der Waals surface area contributed by atoms with Crippen molar-refractivity contribution in [1.29, 1.82) is 0 Å². The van der Waals surface area contributed by atoms with Crippen molar-refractivity contribution in [3.63, 3.8) is 0 Å². The van der Waals surface area contributed by atoms with Crippen molar-refractivity contribution < 1.29 is 22.4 Å². The summed E-state index contributed by atoms with van der Waals surface area (Å²) in [5.41, 5.74) is 1.70. The molecule has 0 unspecified atom stereocenters. The smallest absolute Gasteiger partial charge is 0.420 e. The van der Waals surface area contributed by atoms with Gasteiger partial charge in [0.15, 0.2) is 5.58 Å². The fourth-order valence-corrected chi connectivity index (χ4v) is 3.54. The van der Waals surface area contributed by atoms with Gasteiger partial charge in [0.25, 0.3) is 10.0 Å². The molecule has 1 N–H and O–H groups in total. The van der Waals surface area contributed by atoms with Crippen molar-refractivity contribution in [1.82, 2.24) is 4.57 Å². The van der Waals surface area contributed by atoms with Gasteiger partial charge in [-0.3, -0.25) is 14.1 Å². The van der Waals surface area contributed by atoms with Crippen LogP contribution in [-0.2, 0) is 26.1 Å². The Bertz CT molecular complexity index is 1140. The zero-order valence-electron chi connectivity index (χ0n) is 14.1. The topological polar surface area (TPSA) is 108 Å². The van der Waals surface area contributed by atoms with E-state index in [0.29, 0.717) is 11.2 Å². The van der Waals surface area contributed by atoms with E-state index in [-0.39, 0.29) is 17.0 Å². The van der Waals surface area contributed by atoms with Gasteiger partial charge in [-0.05, 0) is 36.8 Å². The maximum atomic E-state index is 12.6. The van der Waals surface area contributed by atoms with Gasteiger partial charge >= 0.3 is 11.7 Å². The highest BCUT2D eigenvalue weighted by Gasteiger charge is 2.19. The van der Waals surface area contributed by atoms with E-state index in [4.69, 9.17) is 4.42 Å². The molecule has 0 bridgehead atoms. The van der Waals surface area contributed by atoms with E-state index in [1.165, 1.54) is 25.3 Å². The molecule has 0 atom stereocenters. The summed E-state index contributed by atoms with van der Waals surface area (Å²) >= 11 is 0. The predicted octanol–water partition coefficient (Wildman–Crippen LogP) is 1.88. The van der Waals surface area contributed by atoms with Gasteiger partial charge < -0.3 is 9.15 Å². The number of nitrogens with zero attached hydrogens (tertiary/aromatic N) is 1. The molecule has 0 saturated heterocycles. The van der Waals surface area contributed by atoms with Gasteiger partial charge in [-0.15, -0.1) is 0 Å². The second kappa shape index (κ2) is 6.68.